The van der Waals surface area contributed by atoms with E-state index in [-0.39, 0.29) is 12.1 Å². The molecule has 1 fully saturated rings. The van der Waals surface area contributed by atoms with Crippen LogP contribution in [0, 0.1) is 0 Å². The van der Waals surface area contributed by atoms with E-state index in [0.29, 0.717) is 18.7 Å². The number of carboxylic acids is 1. The number of urea groups is 1. The van der Waals surface area contributed by atoms with Gasteiger partial charge < -0.3 is 21.1 Å². The summed E-state index contributed by atoms with van der Waals surface area (Å²) in [6.07, 6.45) is 2.20. The van der Waals surface area contributed by atoms with Crippen molar-refractivity contribution < 1.29 is 24.3 Å². The van der Waals surface area contributed by atoms with Crippen LogP contribution in [0.25, 0.3) is 0 Å². The molecule has 4 N–H and O–H groups in total. The lowest BCUT2D eigenvalue weighted by Gasteiger charge is -2.56. The Hall–Kier alpha value is -2.53. The average Bonchev–Trinajstić information content (AvgIpc) is 3.17. The molecule has 2 aliphatic rings. The zero-order valence-corrected chi connectivity index (χ0v) is 16.7. The van der Waals surface area contributed by atoms with Crippen molar-refractivity contribution in [1.29, 1.82) is 0 Å². The molecular weight excluding hydrogens is 404 g/mol. The second kappa shape index (κ2) is 8.23. The minimum atomic E-state index is -1.69. The molecule has 1 aromatic rings. The van der Waals surface area contributed by atoms with E-state index in [1.54, 1.807) is 6.07 Å². The molecule has 2 atom stereocenters. The van der Waals surface area contributed by atoms with Crippen LogP contribution in [0.1, 0.15) is 18.2 Å². The molecule has 0 radical (unpaired) electrons. The standard InChI is InChI=1S/C17H20N4O5S2/c1-2-6-18-16(26)20-17(19-12(22)9-10-4-3-7-27-10)14(25)21-11(13(23)24)5-8-28-15(17)21/h3-5,7,15H,2,6,8-9H2,1H3,(H,19,22)(H,23,24)(H2,18,20,26)/t15-,17?/m0/s1. The minimum absolute atomic E-state index is 0.0595. The van der Waals surface area contributed by atoms with Crippen LogP contribution in [0.5, 0.6) is 0 Å². The molecule has 28 heavy (non-hydrogen) atoms. The zero-order valence-electron chi connectivity index (χ0n) is 15.1. The van der Waals surface area contributed by atoms with Crippen molar-refractivity contribution in [3.05, 3.63) is 34.2 Å². The van der Waals surface area contributed by atoms with Crippen molar-refractivity contribution in [2.75, 3.05) is 12.3 Å². The Bertz CT molecular complexity index is 826. The van der Waals surface area contributed by atoms with E-state index in [9.17, 15) is 24.3 Å². The van der Waals surface area contributed by atoms with Crippen molar-refractivity contribution in [3.63, 3.8) is 0 Å². The molecule has 0 spiro atoms. The monoisotopic (exact) mass is 424 g/mol. The van der Waals surface area contributed by atoms with Crippen LogP contribution in [0.4, 0.5) is 4.79 Å². The van der Waals surface area contributed by atoms with Crippen LogP contribution >= 0.6 is 23.1 Å². The number of hydrogen-bond acceptors (Lipinski definition) is 6. The van der Waals surface area contributed by atoms with Crippen LogP contribution in [0.3, 0.4) is 0 Å². The number of rotatable bonds is 7. The fourth-order valence-electron chi connectivity index (χ4n) is 3.03. The van der Waals surface area contributed by atoms with Crippen LogP contribution in [0.2, 0.25) is 0 Å². The predicted octanol–water partition coefficient (Wildman–Crippen LogP) is 0.696. The van der Waals surface area contributed by atoms with E-state index in [1.807, 2.05) is 18.4 Å². The molecule has 0 aromatic carbocycles. The van der Waals surface area contributed by atoms with Gasteiger partial charge in [-0.2, -0.15) is 0 Å². The summed E-state index contributed by atoms with van der Waals surface area (Å²) in [6, 6.07) is 3.02. The maximum absolute atomic E-state index is 12.9. The maximum atomic E-state index is 12.9. The number of carbonyl (C=O) groups is 4. The van der Waals surface area contributed by atoms with E-state index < -0.39 is 34.9 Å². The van der Waals surface area contributed by atoms with Gasteiger partial charge in [-0.1, -0.05) is 13.0 Å². The largest absolute Gasteiger partial charge is 0.477 e. The van der Waals surface area contributed by atoms with Gasteiger partial charge in [0.1, 0.15) is 11.1 Å². The summed E-state index contributed by atoms with van der Waals surface area (Å²) >= 11 is 2.68. The van der Waals surface area contributed by atoms with Gasteiger partial charge in [-0.3, -0.25) is 14.5 Å². The number of fused-ring (bicyclic) bond motifs is 1. The molecule has 0 saturated carbocycles. The van der Waals surface area contributed by atoms with Gasteiger partial charge in [0.05, 0.1) is 6.42 Å². The second-order valence-corrected chi connectivity index (χ2v) is 8.39. The SMILES string of the molecule is CCCNC(=O)NC1(NC(=O)Cc2cccs2)C(=O)N2C(C(=O)O)=CCS[C@H]21. The molecule has 1 unspecified atom stereocenters. The van der Waals surface area contributed by atoms with E-state index in [2.05, 4.69) is 16.0 Å². The predicted molar refractivity (Wildman–Crippen MR) is 105 cm³/mol. The maximum Gasteiger partial charge on any atom is 0.352 e. The summed E-state index contributed by atoms with van der Waals surface area (Å²) in [6.45, 7) is 2.29. The topological polar surface area (TPSA) is 128 Å². The number of thiophene rings is 1. The summed E-state index contributed by atoms with van der Waals surface area (Å²) in [7, 11) is 0. The van der Waals surface area contributed by atoms with Crippen molar-refractivity contribution in [2.45, 2.75) is 30.8 Å². The quantitative estimate of drug-likeness (QED) is 0.377. The van der Waals surface area contributed by atoms with Gasteiger partial charge >= 0.3 is 12.0 Å². The molecule has 1 aromatic heterocycles. The first-order chi connectivity index (χ1) is 13.4. The molecule has 3 heterocycles. The summed E-state index contributed by atoms with van der Waals surface area (Å²) in [5.41, 5.74) is -1.83. The molecule has 0 aliphatic carbocycles. The first kappa shape index (κ1) is 20.2. The average molecular weight is 425 g/mol. The number of amides is 4. The molecule has 9 nitrogen and oxygen atoms in total. The number of carboxylic acid groups (broad SMARTS) is 1. The lowest BCUT2D eigenvalue weighted by molar-refractivity contribution is -0.160. The highest BCUT2D eigenvalue weighted by Crippen LogP contribution is 2.43. The second-order valence-electron chi connectivity index (χ2n) is 6.25. The number of aliphatic carboxylic acids is 1. The molecule has 2 aliphatic heterocycles. The lowest BCUT2D eigenvalue weighted by atomic mass is 9.95. The Labute approximate surface area is 169 Å². The van der Waals surface area contributed by atoms with E-state index in [1.165, 1.54) is 29.2 Å². The molecular formula is C17H20N4O5S2. The Morgan fingerprint density at radius 2 is 2.14 bits per heavy atom. The van der Waals surface area contributed by atoms with Crippen molar-refractivity contribution in [3.8, 4) is 0 Å². The van der Waals surface area contributed by atoms with Crippen molar-refractivity contribution >= 4 is 46.9 Å². The summed E-state index contributed by atoms with van der Waals surface area (Å²) < 4.78 is 0. The minimum Gasteiger partial charge on any atom is -0.477 e. The summed E-state index contributed by atoms with van der Waals surface area (Å²) in [5, 5.41) is 18.3. The Balaban J connectivity index is 1.82. The highest BCUT2D eigenvalue weighted by molar-refractivity contribution is 8.00. The normalized spacial score (nSPS) is 23.2. The number of carbonyl (C=O) groups excluding carboxylic acids is 3. The zero-order chi connectivity index (χ0) is 20.3. The third-order valence-corrected chi connectivity index (χ3v) is 6.38. The van der Waals surface area contributed by atoms with Gasteiger partial charge in [0, 0.05) is 17.2 Å². The van der Waals surface area contributed by atoms with Crippen LogP contribution in [-0.2, 0) is 20.8 Å². The van der Waals surface area contributed by atoms with Crippen LogP contribution < -0.4 is 16.0 Å². The molecule has 150 valence electrons. The number of thioether (sulfide) groups is 1. The van der Waals surface area contributed by atoms with Gasteiger partial charge in [-0.25, -0.2) is 9.59 Å². The van der Waals surface area contributed by atoms with Gasteiger partial charge in [-0.05, 0) is 23.9 Å². The molecule has 0 bridgehead atoms. The number of nitrogens with zero attached hydrogens (tertiary/aromatic N) is 1. The lowest BCUT2D eigenvalue weighted by Crippen LogP contribution is -2.86. The number of hydrogen-bond donors (Lipinski definition) is 4. The fraction of sp³-hybridized carbons (Fsp3) is 0.412. The molecule has 3 rings (SSSR count). The van der Waals surface area contributed by atoms with Crippen molar-refractivity contribution in [1.82, 2.24) is 20.9 Å². The number of nitrogens with one attached hydrogen (secondary N) is 3. The molecule has 11 heteroatoms. The first-order valence-electron chi connectivity index (χ1n) is 8.67. The van der Waals surface area contributed by atoms with Gasteiger partial charge in [0.25, 0.3) is 5.91 Å². The Morgan fingerprint density at radius 1 is 1.36 bits per heavy atom. The third-order valence-electron chi connectivity index (χ3n) is 4.27. The van der Waals surface area contributed by atoms with Crippen LogP contribution in [-0.4, -0.2) is 57.2 Å². The first-order valence-corrected chi connectivity index (χ1v) is 10.6. The van der Waals surface area contributed by atoms with E-state index in [0.717, 1.165) is 9.78 Å². The smallest absolute Gasteiger partial charge is 0.352 e. The van der Waals surface area contributed by atoms with Gasteiger partial charge in [-0.15, -0.1) is 23.1 Å². The van der Waals surface area contributed by atoms with Crippen LogP contribution in [0.15, 0.2) is 29.3 Å². The molecule has 4 amide bonds. The number of β-lactam (4-membered cyclic amide) rings is 1. The Morgan fingerprint density at radius 3 is 2.79 bits per heavy atom. The summed E-state index contributed by atoms with van der Waals surface area (Å²) in [4.78, 5) is 51.1. The third kappa shape index (κ3) is 3.72. The fourth-order valence-corrected chi connectivity index (χ4v) is 5.00. The molecule has 1 saturated heterocycles. The highest BCUT2D eigenvalue weighted by atomic mass is 32.2. The van der Waals surface area contributed by atoms with E-state index >= 15 is 0 Å². The van der Waals surface area contributed by atoms with Gasteiger partial charge in [0.2, 0.25) is 11.6 Å². The highest BCUT2D eigenvalue weighted by Gasteiger charge is 2.65. The van der Waals surface area contributed by atoms with Crippen molar-refractivity contribution in [2.24, 2.45) is 0 Å². The summed E-state index contributed by atoms with van der Waals surface area (Å²) in [5.74, 6) is -1.99. The van der Waals surface area contributed by atoms with E-state index in [4.69, 9.17) is 0 Å². The van der Waals surface area contributed by atoms with Gasteiger partial charge in [0.15, 0.2) is 0 Å². The Kier molecular flexibility index (Phi) is 5.94.